The number of alkyl halides is 2. The van der Waals surface area contributed by atoms with E-state index in [1.807, 2.05) is 0 Å². The van der Waals surface area contributed by atoms with Crippen molar-refractivity contribution in [3.05, 3.63) is 35.6 Å². The monoisotopic (exact) mass is 271 g/mol. The average molecular weight is 271 g/mol. The van der Waals surface area contributed by atoms with Gasteiger partial charge in [-0.25, -0.2) is 13.2 Å². The number of nitrogens with two attached hydrogens (primary N) is 1. The van der Waals surface area contributed by atoms with Crippen LogP contribution in [0.15, 0.2) is 24.3 Å². The fourth-order valence-electron chi connectivity index (χ4n) is 2.60. The van der Waals surface area contributed by atoms with Crippen LogP contribution >= 0.6 is 0 Å². The van der Waals surface area contributed by atoms with Gasteiger partial charge in [-0.1, -0.05) is 12.1 Å². The average Bonchev–Trinajstić information content (AvgIpc) is 2.35. The summed E-state index contributed by atoms with van der Waals surface area (Å²) in [6.07, 6.45) is -0.202. The second kappa shape index (κ2) is 4.87. The molecule has 0 aliphatic heterocycles. The molecule has 0 aromatic heterocycles. The van der Waals surface area contributed by atoms with Crippen LogP contribution in [-0.4, -0.2) is 11.8 Å². The smallest absolute Gasteiger partial charge is 0.248 e. The van der Waals surface area contributed by atoms with Crippen molar-refractivity contribution >= 4 is 5.91 Å². The minimum absolute atomic E-state index is 0.0761. The molecule has 5 heteroatoms. The van der Waals surface area contributed by atoms with Gasteiger partial charge < -0.3 is 5.73 Å². The van der Waals surface area contributed by atoms with Crippen molar-refractivity contribution in [2.75, 3.05) is 0 Å². The van der Waals surface area contributed by atoms with Crippen molar-refractivity contribution in [2.45, 2.75) is 38.0 Å². The second-order valence-electron chi connectivity index (χ2n) is 5.30. The summed E-state index contributed by atoms with van der Waals surface area (Å²) < 4.78 is 39.2. The first-order chi connectivity index (χ1) is 8.83. The largest absolute Gasteiger partial charge is 0.369 e. The minimum atomic E-state index is -2.71. The number of hydrogen-bond donors (Lipinski definition) is 1. The van der Waals surface area contributed by atoms with E-state index in [2.05, 4.69) is 0 Å². The molecule has 1 aliphatic carbocycles. The molecule has 1 saturated carbocycles. The Bertz CT molecular complexity index is 460. The third-order valence-corrected chi connectivity index (χ3v) is 3.92. The Labute approximate surface area is 109 Å². The number of halogens is 3. The minimum Gasteiger partial charge on any atom is -0.369 e. The van der Waals surface area contributed by atoms with E-state index in [0.717, 1.165) is 5.56 Å². The molecule has 0 unspecified atom stereocenters. The fraction of sp³-hybridized carbons (Fsp3) is 0.500. The van der Waals surface area contributed by atoms with Crippen molar-refractivity contribution in [3.8, 4) is 0 Å². The van der Waals surface area contributed by atoms with E-state index in [1.165, 1.54) is 12.1 Å². The number of amides is 1. The Balaban J connectivity index is 2.17. The molecule has 104 valence electrons. The standard InChI is InChI=1S/C14H16F3NO/c15-11-3-1-10(2-4-11)9-13(12(18)19)5-7-14(16,17)8-6-13/h1-4H,5-9H2,(H2,18,19). The molecule has 1 aromatic rings. The molecule has 1 aliphatic rings. The lowest BCUT2D eigenvalue weighted by atomic mass is 9.69. The van der Waals surface area contributed by atoms with Crippen molar-refractivity contribution < 1.29 is 18.0 Å². The molecule has 2 nitrogen and oxygen atoms in total. The van der Waals surface area contributed by atoms with Crippen LogP contribution < -0.4 is 5.73 Å². The van der Waals surface area contributed by atoms with Gasteiger partial charge in [-0.15, -0.1) is 0 Å². The highest BCUT2D eigenvalue weighted by atomic mass is 19.3. The summed E-state index contributed by atoms with van der Waals surface area (Å²) in [6, 6.07) is 5.71. The van der Waals surface area contributed by atoms with Crippen LogP contribution in [0.4, 0.5) is 13.2 Å². The first-order valence-electron chi connectivity index (χ1n) is 6.25. The summed E-state index contributed by atoms with van der Waals surface area (Å²) in [7, 11) is 0. The molecule has 0 spiro atoms. The third kappa shape index (κ3) is 3.08. The number of carbonyl (C=O) groups excluding carboxylic acids is 1. The number of benzene rings is 1. The Morgan fingerprint density at radius 3 is 2.11 bits per heavy atom. The van der Waals surface area contributed by atoms with Gasteiger partial charge in [0.1, 0.15) is 5.82 Å². The predicted octanol–water partition coefficient (Wildman–Crippen LogP) is 3.05. The topological polar surface area (TPSA) is 43.1 Å². The van der Waals surface area contributed by atoms with Gasteiger partial charge in [0, 0.05) is 12.8 Å². The first kappa shape index (κ1) is 13.9. The van der Waals surface area contributed by atoms with Crippen molar-refractivity contribution in [3.63, 3.8) is 0 Å². The van der Waals surface area contributed by atoms with Crippen molar-refractivity contribution in [1.29, 1.82) is 0 Å². The van der Waals surface area contributed by atoms with Gasteiger partial charge >= 0.3 is 0 Å². The third-order valence-electron chi connectivity index (χ3n) is 3.92. The number of hydrogen-bond acceptors (Lipinski definition) is 1. The van der Waals surface area contributed by atoms with E-state index in [1.54, 1.807) is 12.1 Å². The van der Waals surface area contributed by atoms with E-state index in [0.29, 0.717) is 6.42 Å². The molecule has 1 amide bonds. The van der Waals surface area contributed by atoms with E-state index in [9.17, 15) is 18.0 Å². The van der Waals surface area contributed by atoms with Crippen LogP contribution in [0.25, 0.3) is 0 Å². The number of carbonyl (C=O) groups is 1. The van der Waals surface area contributed by atoms with E-state index < -0.39 is 17.2 Å². The molecular weight excluding hydrogens is 255 g/mol. The molecule has 0 bridgehead atoms. The molecule has 19 heavy (non-hydrogen) atoms. The lowest BCUT2D eigenvalue weighted by Crippen LogP contribution is -2.44. The summed E-state index contributed by atoms with van der Waals surface area (Å²) >= 11 is 0. The van der Waals surface area contributed by atoms with E-state index >= 15 is 0 Å². The highest BCUT2D eigenvalue weighted by molar-refractivity contribution is 5.81. The Morgan fingerprint density at radius 2 is 1.63 bits per heavy atom. The number of primary amides is 1. The Kier molecular flexibility index (Phi) is 3.56. The zero-order chi connectivity index (χ0) is 14.1. The normalized spacial score (nSPS) is 21.0. The lowest BCUT2D eigenvalue weighted by molar-refractivity contribution is -0.135. The van der Waals surface area contributed by atoms with Crippen molar-refractivity contribution in [2.24, 2.45) is 11.1 Å². The van der Waals surface area contributed by atoms with Crippen molar-refractivity contribution in [1.82, 2.24) is 0 Å². The van der Waals surface area contributed by atoms with Crippen LogP contribution in [-0.2, 0) is 11.2 Å². The zero-order valence-electron chi connectivity index (χ0n) is 10.5. The molecule has 0 radical (unpaired) electrons. The molecule has 2 N–H and O–H groups in total. The van der Waals surface area contributed by atoms with Gasteiger partial charge in [0.15, 0.2) is 0 Å². The van der Waals surface area contributed by atoms with E-state index in [-0.39, 0.29) is 31.5 Å². The van der Waals surface area contributed by atoms with E-state index in [4.69, 9.17) is 5.73 Å². The summed E-state index contributed by atoms with van der Waals surface area (Å²) in [5, 5.41) is 0. The molecule has 0 heterocycles. The maximum Gasteiger partial charge on any atom is 0.248 e. The van der Waals surface area contributed by atoms with Crippen LogP contribution in [0, 0.1) is 11.2 Å². The quantitative estimate of drug-likeness (QED) is 0.902. The summed E-state index contributed by atoms with van der Waals surface area (Å²) in [5.41, 5.74) is 5.22. The van der Waals surface area contributed by atoms with Crippen LogP contribution in [0.2, 0.25) is 0 Å². The molecule has 0 atom stereocenters. The first-order valence-corrected chi connectivity index (χ1v) is 6.25. The SMILES string of the molecule is NC(=O)C1(Cc2ccc(F)cc2)CCC(F)(F)CC1. The molecule has 1 fully saturated rings. The fourth-order valence-corrected chi connectivity index (χ4v) is 2.60. The highest BCUT2D eigenvalue weighted by Gasteiger charge is 2.46. The Hall–Kier alpha value is -1.52. The Morgan fingerprint density at radius 1 is 1.11 bits per heavy atom. The predicted molar refractivity (Wildman–Crippen MR) is 65.1 cm³/mol. The van der Waals surface area contributed by atoms with Gasteiger partial charge in [-0.2, -0.15) is 0 Å². The molecule has 0 saturated heterocycles. The molecular formula is C14H16F3NO. The van der Waals surface area contributed by atoms with Gasteiger partial charge in [0.25, 0.3) is 0 Å². The number of rotatable bonds is 3. The highest BCUT2D eigenvalue weighted by Crippen LogP contribution is 2.45. The van der Waals surface area contributed by atoms with Gasteiger partial charge in [0.2, 0.25) is 11.8 Å². The van der Waals surface area contributed by atoms with Crippen LogP contribution in [0.1, 0.15) is 31.2 Å². The van der Waals surface area contributed by atoms with Crippen LogP contribution in [0.5, 0.6) is 0 Å². The molecule has 2 rings (SSSR count). The summed E-state index contributed by atoms with van der Waals surface area (Å²) in [6.45, 7) is 0. The van der Waals surface area contributed by atoms with Gasteiger partial charge in [-0.3, -0.25) is 4.79 Å². The molecule has 1 aromatic carbocycles. The van der Waals surface area contributed by atoms with Crippen LogP contribution in [0.3, 0.4) is 0 Å². The second-order valence-corrected chi connectivity index (χ2v) is 5.30. The summed E-state index contributed by atoms with van der Waals surface area (Å²) in [5.74, 6) is -3.62. The lowest BCUT2D eigenvalue weighted by Gasteiger charge is -2.37. The summed E-state index contributed by atoms with van der Waals surface area (Å²) in [4.78, 5) is 11.7. The maximum atomic E-state index is 13.2. The zero-order valence-corrected chi connectivity index (χ0v) is 10.5. The van der Waals surface area contributed by atoms with Gasteiger partial charge in [-0.05, 0) is 37.0 Å². The maximum absolute atomic E-state index is 13.2. The van der Waals surface area contributed by atoms with Gasteiger partial charge in [0.05, 0.1) is 5.41 Å².